The van der Waals surface area contributed by atoms with Crippen molar-refractivity contribution in [3.05, 3.63) is 24.0 Å². The maximum atomic E-state index is 13.0. The van der Waals surface area contributed by atoms with Crippen molar-refractivity contribution in [2.75, 3.05) is 10.2 Å². The van der Waals surface area contributed by atoms with E-state index >= 15 is 0 Å². The zero-order valence-corrected chi connectivity index (χ0v) is 8.38. The number of nitrogens with one attached hydrogen (secondary N) is 1. The summed E-state index contributed by atoms with van der Waals surface area (Å²) < 4.78 is 13.0. The van der Waals surface area contributed by atoms with Gasteiger partial charge in [0.2, 0.25) is 5.91 Å². The number of fused-ring (bicyclic) bond motifs is 3. The molecule has 3 nitrogen and oxygen atoms in total. The van der Waals surface area contributed by atoms with Gasteiger partial charge in [0, 0.05) is 6.42 Å². The number of carbonyl (C=O) groups excluding carboxylic acids is 1. The molecule has 1 amide bonds. The maximum Gasteiger partial charge on any atom is 0.229 e. The van der Waals surface area contributed by atoms with Crippen LogP contribution in [-0.4, -0.2) is 11.6 Å². The first kappa shape index (κ1) is 8.71. The Kier molecular flexibility index (Phi) is 1.45. The first-order valence-corrected chi connectivity index (χ1v) is 5.01. The molecule has 0 aliphatic carbocycles. The van der Waals surface area contributed by atoms with Crippen molar-refractivity contribution in [2.45, 2.75) is 25.4 Å². The molecule has 1 unspecified atom stereocenters. The molecular formula is C11H11FN2O. The van der Waals surface area contributed by atoms with E-state index in [-0.39, 0.29) is 17.4 Å². The van der Waals surface area contributed by atoms with Crippen LogP contribution in [0.2, 0.25) is 0 Å². The number of rotatable bonds is 0. The van der Waals surface area contributed by atoms with Crippen LogP contribution in [0.25, 0.3) is 0 Å². The summed E-state index contributed by atoms with van der Waals surface area (Å²) in [5.74, 6) is -0.172. The third-order valence-electron chi connectivity index (χ3n) is 3.17. The minimum absolute atomic E-state index is 0.107. The van der Waals surface area contributed by atoms with Gasteiger partial charge < -0.3 is 5.32 Å². The molecule has 1 N–H and O–H groups in total. The predicted molar refractivity (Wildman–Crippen MR) is 55.1 cm³/mol. The minimum Gasteiger partial charge on any atom is -0.361 e. The first-order chi connectivity index (χ1) is 7.10. The van der Waals surface area contributed by atoms with E-state index in [0.29, 0.717) is 12.1 Å². The molecule has 0 saturated carbocycles. The molecule has 0 spiro atoms. The molecule has 2 aliphatic rings. The van der Waals surface area contributed by atoms with Gasteiger partial charge in [0.1, 0.15) is 11.5 Å². The highest BCUT2D eigenvalue weighted by Crippen LogP contribution is 2.45. The summed E-state index contributed by atoms with van der Waals surface area (Å²) in [5.41, 5.74) is 1.15. The minimum atomic E-state index is -0.354. The Morgan fingerprint density at radius 1 is 1.53 bits per heavy atom. The highest BCUT2D eigenvalue weighted by Gasteiger charge is 2.47. The van der Waals surface area contributed by atoms with Crippen molar-refractivity contribution < 1.29 is 9.18 Å². The molecule has 0 bridgehead atoms. The van der Waals surface area contributed by atoms with Crippen molar-refractivity contribution in [3.8, 4) is 0 Å². The lowest BCUT2D eigenvalue weighted by Crippen LogP contribution is -2.44. The zero-order chi connectivity index (χ0) is 10.6. The molecule has 0 aromatic heterocycles. The largest absolute Gasteiger partial charge is 0.361 e. The molecule has 1 aromatic carbocycles. The van der Waals surface area contributed by atoms with Crippen molar-refractivity contribution in [1.82, 2.24) is 0 Å². The predicted octanol–water partition coefficient (Wildman–Crippen LogP) is 2.09. The number of amides is 1. The van der Waals surface area contributed by atoms with Crippen molar-refractivity contribution >= 4 is 17.3 Å². The molecule has 2 aliphatic heterocycles. The highest BCUT2D eigenvalue weighted by atomic mass is 19.1. The SMILES string of the molecule is CC12CCC(=O)N1c1ccc(F)cc1N2. The molecular weight excluding hydrogens is 195 g/mol. The third-order valence-corrected chi connectivity index (χ3v) is 3.17. The highest BCUT2D eigenvalue weighted by molar-refractivity contribution is 6.03. The van der Waals surface area contributed by atoms with E-state index in [4.69, 9.17) is 0 Å². The molecule has 2 heterocycles. The number of anilines is 2. The van der Waals surface area contributed by atoms with Gasteiger partial charge in [0.25, 0.3) is 0 Å². The molecule has 78 valence electrons. The second-order valence-corrected chi connectivity index (χ2v) is 4.29. The fourth-order valence-electron chi connectivity index (χ4n) is 2.46. The van der Waals surface area contributed by atoms with Gasteiger partial charge in [-0.25, -0.2) is 4.39 Å². The standard InChI is InChI=1S/C11H11FN2O/c1-11-5-4-10(15)14(11)9-3-2-7(12)6-8(9)13-11/h2-3,6,13H,4-5H2,1H3. The summed E-state index contributed by atoms with van der Waals surface area (Å²) in [5, 5.41) is 3.21. The molecule has 1 atom stereocenters. The van der Waals surface area contributed by atoms with Crippen molar-refractivity contribution in [3.63, 3.8) is 0 Å². The third kappa shape index (κ3) is 1.02. The number of hydrogen-bond acceptors (Lipinski definition) is 2. The Morgan fingerprint density at radius 2 is 2.33 bits per heavy atom. The molecule has 1 fully saturated rings. The summed E-state index contributed by atoms with van der Waals surface area (Å²) in [6.07, 6.45) is 1.32. The second kappa shape index (κ2) is 2.51. The van der Waals surface area contributed by atoms with Crippen LogP contribution >= 0.6 is 0 Å². The van der Waals surface area contributed by atoms with E-state index in [0.717, 1.165) is 12.1 Å². The van der Waals surface area contributed by atoms with E-state index in [2.05, 4.69) is 5.32 Å². The monoisotopic (exact) mass is 206 g/mol. The number of halogens is 1. The Hall–Kier alpha value is -1.58. The molecule has 15 heavy (non-hydrogen) atoms. The average molecular weight is 206 g/mol. The Bertz CT molecular complexity index is 460. The van der Waals surface area contributed by atoms with Gasteiger partial charge in [-0.3, -0.25) is 9.69 Å². The number of nitrogens with zero attached hydrogens (tertiary/aromatic N) is 1. The summed E-state index contributed by atoms with van der Waals surface area (Å²) >= 11 is 0. The molecule has 3 rings (SSSR count). The summed E-state index contributed by atoms with van der Waals surface area (Å²) in [7, 11) is 0. The van der Waals surface area contributed by atoms with Crippen molar-refractivity contribution in [2.24, 2.45) is 0 Å². The van der Waals surface area contributed by atoms with E-state index in [1.807, 2.05) is 6.92 Å². The molecule has 1 aromatic rings. The van der Waals surface area contributed by atoms with Gasteiger partial charge in [-0.2, -0.15) is 0 Å². The van der Waals surface area contributed by atoms with Crippen LogP contribution in [0.5, 0.6) is 0 Å². The van der Waals surface area contributed by atoms with E-state index in [9.17, 15) is 9.18 Å². The Balaban J connectivity index is 2.16. The van der Waals surface area contributed by atoms with Crippen LogP contribution in [-0.2, 0) is 4.79 Å². The first-order valence-electron chi connectivity index (χ1n) is 5.01. The fraction of sp³-hybridized carbons (Fsp3) is 0.364. The normalized spacial score (nSPS) is 27.6. The number of benzene rings is 1. The van der Waals surface area contributed by atoms with Crippen molar-refractivity contribution in [1.29, 1.82) is 0 Å². The second-order valence-electron chi connectivity index (χ2n) is 4.29. The van der Waals surface area contributed by atoms with Crippen LogP contribution in [0.3, 0.4) is 0 Å². The smallest absolute Gasteiger partial charge is 0.229 e. The quantitative estimate of drug-likeness (QED) is 0.705. The topological polar surface area (TPSA) is 32.3 Å². The lowest BCUT2D eigenvalue weighted by molar-refractivity contribution is -0.117. The van der Waals surface area contributed by atoms with Gasteiger partial charge in [0.15, 0.2) is 0 Å². The van der Waals surface area contributed by atoms with Gasteiger partial charge in [-0.1, -0.05) is 0 Å². The van der Waals surface area contributed by atoms with Crippen LogP contribution in [0.15, 0.2) is 18.2 Å². The maximum absolute atomic E-state index is 13.0. The molecule has 1 saturated heterocycles. The lowest BCUT2D eigenvalue weighted by atomic mass is 10.1. The molecule has 4 heteroatoms. The average Bonchev–Trinajstić information content (AvgIpc) is 2.60. The molecule has 0 radical (unpaired) electrons. The van der Waals surface area contributed by atoms with E-state index in [1.54, 1.807) is 11.0 Å². The van der Waals surface area contributed by atoms with E-state index in [1.165, 1.54) is 12.1 Å². The van der Waals surface area contributed by atoms with E-state index < -0.39 is 0 Å². The number of carbonyl (C=O) groups is 1. The van der Waals surface area contributed by atoms with Crippen LogP contribution in [0.4, 0.5) is 15.8 Å². The summed E-state index contributed by atoms with van der Waals surface area (Å²) in [6, 6.07) is 4.48. The van der Waals surface area contributed by atoms with Gasteiger partial charge in [-0.05, 0) is 31.5 Å². The van der Waals surface area contributed by atoms with Gasteiger partial charge in [-0.15, -0.1) is 0 Å². The summed E-state index contributed by atoms with van der Waals surface area (Å²) in [6.45, 7) is 1.97. The summed E-state index contributed by atoms with van der Waals surface area (Å²) in [4.78, 5) is 13.4. The Morgan fingerprint density at radius 3 is 3.13 bits per heavy atom. The van der Waals surface area contributed by atoms with Crippen LogP contribution in [0.1, 0.15) is 19.8 Å². The fourth-order valence-corrected chi connectivity index (χ4v) is 2.46. The number of hydrogen-bond donors (Lipinski definition) is 1. The lowest BCUT2D eigenvalue weighted by Gasteiger charge is -2.27. The van der Waals surface area contributed by atoms with Gasteiger partial charge in [0.05, 0.1) is 11.4 Å². The van der Waals surface area contributed by atoms with Crippen LogP contribution < -0.4 is 10.2 Å². The zero-order valence-electron chi connectivity index (χ0n) is 8.38. The van der Waals surface area contributed by atoms with Gasteiger partial charge >= 0.3 is 0 Å². The van der Waals surface area contributed by atoms with Crippen LogP contribution in [0, 0.1) is 5.82 Å². The Labute approximate surface area is 86.9 Å².